The van der Waals surface area contributed by atoms with Crippen molar-refractivity contribution in [2.24, 2.45) is 0 Å². The van der Waals surface area contributed by atoms with Gasteiger partial charge in [-0.15, -0.1) is 0 Å². The number of hydrogen-bond donors (Lipinski definition) is 0. The number of carbonyl (C=O) groups is 1. The van der Waals surface area contributed by atoms with E-state index in [-0.39, 0.29) is 5.97 Å². The summed E-state index contributed by atoms with van der Waals surface area (Å²) in [4.78, 5) is 16.2. The number of nitrogens with zero attached hydrogens (tertiary/aromatic N) is 3. The van der Waals surface area contributed by atoms with Crippen LogP contribution in [0.1, 0.15) is 17.3 Å². The van der Waals surface area contributed by atoms with E-state index in [4.69, 9.17) is 4.74 Å². The molecule has 0 saturated heterocycles. The molecule has 0 atom stereocenters. The first kappa shape index (κ1) is 13.8. The van der Waals surface area contributed by atoms with Gasteiger partial charge >= 0.3 is 5.97 Å². The molecule has 0 saturated carbocycles. The molecule has 2 heterocycles. The molecule has 0 fully saturated rings. The first-order chi connectivity index (χ1) is 10.2. The number of carbonyl (C=O) groups excluding carboxylic acids is 1. The third-order valence-electron chi connectivity index (χ3n) is 3.02. The summed E-state index contributed by atoms with van der Waals surface area (Å²) in [5, 5.41) is 4.16. The summed E-state index contributed by atoms with van der Waals surface area (Å²) in [7, 11) is 0. The number of rotatable bonds is 3. The molecule has 21 heavy (non-hydrogen) atoms. The van der Waals surface area contributed by atoms with Gasteiger partial charge in [0.2, 0.25) is 0 Å². The van der Waals surface area contributed by atoms with Crippen molar-refractivity contribution in [2.45, 2.75) is 6.92 Å². The second-order valence-corrected chi connectivity index (χ2v) is 5.23. The minimum Gasteiger partial charge on any atom is -0.462 e. The average Bonchev–Trinajstić information content (AvgIpc) is 2.89. The second kappa shape index (κ2) is 5.65. The first-order valence-electron chi connectivity index (χ1n) is 6.46. The molecular weight excluding hydrogens is 334 g/mol. The Bertz CT molecular complexity index is 796. The normalized spacial score (nSPS) is 10.8. The average molecular weight is 346 g/mol. The van der Waals surface area contributed by atoms with E-state index in [1.54, 1.807) is 29.8 Å². The topological polar surface area (TPSA) is 56.5 Å². The van der Waals surface area contributed by atoms with Crippen LogP contribution in [0, 0.1) is 0 Å². The summed E-state index contributed by atoms with van der Waals surface area (Å²) < 4.78 is 7.50. The molecule has 0 bridgehead atoms. The summed E-state index contributed by atoms with van der Waals surface area (Å²) >= 11 is 3.41. The van der Waals surface area contributed by atoms with E-state index < -0.39 is 0 Å². The number of halogens is 1. The third-order valence-corrected chi connectivity index (χ3v) is 3.58. The predicted octanol–water partition coefficient (Wildman–Crippen LogP) is 3.34. The van der Waals surface area contributed by atoms with Crippen LogP contribution in [0.3, 0.4) is 0 Å². The molecule has 0 aliphatic heterocycles. The Balaban J connectivity index is 1.95. The van der Waals surface area contributed by atoms with Crippen LogP contribution < -0.4 is 0 Å². The van der Waals surface area contributed by atoms with Crippen molar-refractivity contribution in [1.82, 2.24) is 14.6 Å². The van der Waals surface area contributed by atoms with Gasteiger partial charge in [0.1, 0.15) is 0 Å². The van der Waals surface area contributed by atoms with Crippen molar-refractivity contribution in [2.75, 3.05) is 6.61 Å². The highest BCUT2D eigenvalue weighted by molar-refractivity contribution is 9.10. The summed E-state index contributed by atoms with van der Waals surface area (Å²) in [6.45, 7) is 2.16. The van der Waals surface area contributed by atoms with Crippen molar-refractivity contribution < 1.29 is 9.53 Å². The lowest BCUT2D eigenvalue weighted by Crippen LogP contribution is -2.04. The van der Waals surface area contributed by atoms with Crippen LogP contribution in [-0.4, -0.2) is 27.2 Å². The number of ether oxygens (including phenoxy) is 1. The van der Waals surface area contributed by atoms with Gasteiger partial charge in [0.25, 0.3) is 0 Å². The zero-order chi connectivity index (χ0) is 14.8. The van der Waals surface area contributed by atoms with Crippen LogP contribution in [0.2, 0.25) is 0 Å². The van der Waals surface area contributed by atoms with Gasteiger partial charge < -0.3 is 4.74 Å². The number of benzene rings is 1. The number of hydrogen-bond acceptors (Lipinski definition) is 4. The van der Waals surface area contributed by atoms with E-state index in [2.05, 4.69) is 26.0 Å². The molecule has 6 heteroatoms. The van der Waals surface area contributed by atoms with Crippen LogP contribution in [0.5, 0.6) is 0 Å². The molecule has 0 amide bonds. The fourth-order valence-corrected chi connectivity index (χ4v) is 2.36. The maximum absolute atomic E-state index is 11.6. The fourth-order valence-electron chi connectivity index (χ4n) is 1.99. The summed E-state index contributed by atoms with van der Waals surface area (Å²) in [6.07, 6.45) is 3.55. The van der Waals surface area contributed by atoms with Crippen molar-refractivity contribution in [3.05, 3.63) is 52.8 Å². The maximum Gasteiger partial charge on any atom is 0.338 e. The molecule has 106 valence electrons. The SMILES string of the molecule is CCOC(=O)c1ccc(-c2ccn3ncc(Br)c3n2)cc1. The quantitative estimate of drug-likeness (QED) is 0.683. The van der Waals surface area contributed by atoms with Crippen LogP contribution in [0.4, 0.5) is 0 Å². The van der Waals surface area contributed by atoms with Gasteiger partial charge in [-0.1, -0.05) is 12.1 Å². The minimum absolute atomic E-state index is 0.314. The Labute approximate surface area is 129 Å². The standard InChI is InChI=1S/C15H12BrN3O2/c1-2-21-15(20)11-5-3-10(4-6-11)13-7-8-19-14(18-13)12(16)9-17-19/h3-9H,2H2,1H3. The van der Waals surface area contributed by atoms with Crippen LogP contribution >= 0.6 is 15.9 Å². The van der Waals surface area contributed by atoms with E-state index in [1.807, 2.05) is 24.4 Å². The van der Waals surface area contributed by atoms with Crippen molar-refractivity contribution in [3.8, 4) is 11.3 Å². The fraction of sp³-hybridized carbons (Fsp3) is 0.133. The molecular formula is C15H12BrN3O2. The van der Waals surface area contributed by atoms with Gasteiger partial charge in [-0.3, -0.25) is 0 Å². The lowest BCUT2D eigenvalue weighted by atomic mass is 10.1. The highest BCUT2D eigenvalue weighted by atomic mass is 79.9. The smallest absolute Gasteiger partial charge is 0.338 e. The Hall–Kier alpha value is -2.21. The molecule has 0 unspecified atom stereocenters. The molecule has 3 rings (SSSR count). The highest BCUT2D eigenvalue weighted by Gasteiger charge is 2.08. The van der Waals surface area contributed by atoms with Crippen molar-refractivity contribution >= 4 is 27.5 Å². The third kappa shape index (κ3) is 2.67. The van der Waals surface area contributed by atoms with E-state index in [9.17, 15) is 4.79 Å². The zero-order valence-corrected chi connectivity index (χ0v) is 12.9. The summed E-state index contributed by atoms with van der Waals surface area (Å²) in [6, 6.07) is 9.08. The molecule has 1 aromatic carbocycles. The van der Waals surface area contributed by atoms with E-state index in [0.29, 0.717) is 12.2 Å². The van der Waals surface area contributed by atoms with Crippen LogP contribution in [0.25, 0.3) is 16.9 Å². The number of fused-ring (bicyclic) bond motifs is 1. The lowest BCUT2D eigenvalue weighted by Gasteiger charge is -2.04. The molecule has 5 nitrogen and oxygen atoms in total. The number of aromatic nitrogens is 3. The summed E-state index contributed by atoms with van der Waals surface area (Å²) in [5.74, 6) is -0.314. The molecule has 2 aromatic heterocycles. The maximum atomic E-state index is 11.6. The van der Waals surface area contributed by atoms with Gasteiger partial charge in [-0.2, -0.15) is 5.10 Å². The van der Waals surface area contributed by atoms with Gasteiger partial charge in [0, 0.05) is 11.8 Å². The molecule has 0 spiro atoms. The number of esters is 1. The molecule has 0 N–H and O–H groups in total. The Kier molecular flexibility index (Phi) is 3.70. The Morgan fingerprint density at radius 2 is 2.05 bits per heavy atom. The Morgan fingerprint density at radius 1 is 1.29 bits per heavy atom. The van der Waals surface area contributed by atoms with Gasteiger partial charge in [0.05, 0.1) is 28.5 Å². The van der Waals surface area contributed by atoms with E-state index >= 15 is 0 Å². The second-order valence-electron chi connectivity index (χ2n) is 4.37. The lowest BCUT2D eigenvalue weighted by molar-refractivity contribution is 0.0526. The molecule has 0 aliphatic carbocycles. The van der Waals surface area contributed by atoms with Crippen molar-refractivity contribution in [3.63, 3.8) is 0 Å². The summed E-state index contributed by atoms with van der Waals surface area (Å²) in [5.41, 5.74) is 3.03. The van der Waals surface area contributed by atoms with Crippen LogP contribution in [-0.2, 0) is 4.74 Å². The highest BCUT2D eigenvalue weighted by Crippen LogP contribution is 2.21. The van der Waals surface area contributed by atoms with Gasteiger partial charge in [0.15, 0.2) is 5.65 Å². The molecule has 0 radical (unpaired) electrons. The van der Waals surface area contributed by atoms with E-state index in [0.717, 1.165) is 21.4 Å². The predicted molar refractivity (Wildman–Crippen MR) is 82.1 cm³/mol. The minimum atomic E-state index is -0.314. The van der Waals surface area contributed by atoms with E-state index in [1.165, 1.54) is 0 Å². The Morgan fingerprint density at radius 3 is 2.76 bits per heavy atom. The zero-order valence-electron chi connectivity index (χ0n) is 11.3. The molecule has 0 aliphatic rings. The van der Waals surface area contributed by atoms with Crippen LogP contribution in [0.15, 0.2) is 47.2 Å². The van der Waals surface area contributed by atoms with Gasteiger partial charge in [-0.05, 0) is 41.1 Å². The first-order valence-corrected chi connectivity index (χ1v) is 7.26. The van der Waals surface area contributed by atoms with Crippen molar-refractivity contribution in [1.29, 1.82) is 0 Å². The molecule has 3 aromatic rings. The monoisotopic (exact) mass is 345 g/mol. The van der Waals surface area contributed by atoms with Gasteiger partial charge in [-0.25, -0.2) is 14.3 Å². The largest absolute Gasteiger partial charge is 0.462 e.